The fraction of sp³-hybridized carbons (Fsp3) is 1.00. The van der Waals surface area contributed by atoms with Crippen LogP contribution in [0, 0.1) is 5.92 Å². The summed E-state index contributed by atoms with van der Waals surface area (Å²) in [6, 6.07) is 0. The quantitative estimate of drug-likeness (QED) is 0.551. The van der Waals surface area contributed by atoms with Gasteiger partial charge in [-0.05, 0) is 14.1 Å². The van der Waals surface area contributed by atoms with Crippen molar-refractivity contribution in [2.75, 3.05) is 48.3 Å². The maximum absolute atomic E-state index is 2.31. The molecule has 0 spiro atoms. The van der Waals surface area contributed by atoms with E-state index in [1.165, 1.54) is 13.1 Å². The van der Waals surface area contributed by atoms with Crippen LogP contribution in [0.2, 0.25) is 0 Å². The average molecular weight is 159 g/mol. The van der Waals surface area contributed by atoms with Crippen molar-refractivity contribution in [3.8, 4) is 0 Å². The van der Waals surface area contributed by atoms with Crippen LogP contribution in [0.5, 0.6) is 0 Å². The topological polar surface area (TPSA) is 3.24 Å². The van der Waals surface area contributed by atoms with Crippen LogP contribution in [0.4, 0.5) is 0 Å². The normalized spacial score (nSPS) is 15.5. The van der Waals surface area contributed by atoms with Gasteiger partial charge in [0.1, 0.15) is 0 Å². The summed E-state index contributed by atoms with van der Waals surface area (Å²) in [5, 5.41) is 0. The highest BCUT2D eigenvalue weighted by atomic mass is 15.3. The van der Waals surface area contributed by atoms with E-state index in [-0.39, 0.29) is 0 Å². The van der Waals surface area contributed by atoms with Crippen molar-refractivity contribution in [2.45, 2.75) is 6.92 Å². The van der Waals surface area contributed by atoms with Gasteiger partial charge in [-0.25, -0.2) is 0 Å². The molecule has 0 aromatic rings. The highest BCUT2D eigenvalue weighted by Crippen LogP contribution is 2.02. The molecule has 0 amide bonds. The van der Waals surface area contributed by atoms with Crippen molar-refractivity contribution in [3.05, 3.63) is 0 Å². The number of hydrogen-bond acceptors (Lipinski definition) is 1. The van der Waals surface area contributed by atoms with E-state index in [0.29, 0.717) is 0 Å². The molecular weight excluding hydrogens is 136 g/mol. The molecule has 0 rings (SSSR count). The molecule has 0 fully saturated rings. The van der Waals surface area contributed by atoms with Crippen LogP contribution in [0.15, 0.2) is 0 Å². The predicted octanol–water partition coefficient (Wildman–Crippen LogP) is 0.890. The number of nitrogens with zero attached hydrogens (tertiary/aromatic N) is 2. The van der Waals surface area contributed by atoms with E-state index in [4.69, 9.17) is 0 Å². The molecule has 0 aromatic heterocycles. The van der Waals surface area contributed by atoms with Gasteiger partial charge in [0.15, 0.2) is 0 Å². The van der Waals surface area contributed by atoms with Gasteiger partial charge in [-0.2, -0.15) is 0 Å². The summed E-state index contributed by atoms with van der Waals surface area (Å²) in [5.41, 5.74) is 0. The minimum atomic E-state index is 0.782. The molecule has 0 radical (unpaired) electrons. The van der Waals surface area contributed by atoms with Crippen molar-refractivity contribution in [1.82, 2.24) is 4.90 Å². The maximum Gasteiger partial charge on any atom is 0.0818 e. The smallest absolute Gasteiger partial charge is 0.0818 e. The summed E-state index contributed by atoms with van der Waals surface area (Å²) < 4.78 is 1.06. The molecule has 2 nitrogen and oxygen atoms in total. The number of hydrogen-bond donors (Lipinski definition) is 0. The lowest BCUT2D eigenvalue weighted by atomic mass is 10.1. The van der Waals surface area contributed by atoms with Gasteiger partial charge < -0.3 is 9.38 Å². The first kappa shape index (κ1) is 10.9. The number of rotatable bonds is 4. The first-order chi connectivity index (χ1) is 4.81. The van der Waals surface area contributed by atoms with E-state index in [2.05, 4.69) is 47.1 Å². The fourth-order valence-electron chi connectivity index (χ4n) is 1.62. The average Bonchev–Trinajstić information content (AvgIpc) is 1.53. The Morgan fingerprint density at radius 2 is 1.64 bits per heavy atom. The van der Waals surface area contributed by atoms with Gasteiger partial charge in [-0.1, -0.05) is 6.92 Å². The van der Waals surface area contributed by atoms with Crippen LogP contribution in [-0.2, 0) is 0 Å². The number of quaternary nitrogens is 1. The Kier molecular flexibility index (Phi) is 4.04. The zero-order chi connectivity index (χ0) is 9.07. The van der Waals surface area contributed by atoms with E-state index in [1.807, 2.05) is 0 Å². The molecule has 0 aliphatic heterocycles. The Morgan fingerprint density at radius 3 is 1.91 bits per heavy atom. The van der Waals surface area contributed by atoms with E-state index in [9.17, 15) is 0 Å². The van der Waals surface area contributed by atoms with Gasteiger partial charge in [-0.15, -0.1) is 0 Å². The molecule has 0 N–H and O–H groups in total. The van der Waals surface area contributed by atoms with E-state index in [1.54, 1.807) is 0 Å². The molecule has 11 heavy (non-hydrogen) atoms. The standard InChI is InChI=1S/C9H23N2/c1-9(7-10(2)3)8-11(4,5)6/h9H,7-8H2,1-6H3/q+1. The third-order valence-electron chi connectivity index (χ3n) is 1.54. The highest BCUT2D eigenvalue weighted by Gasteiger charge is 2.13. The minimum Gasteiger partial charge on any atom is -0.331 e. The Bertz CT molecular complexity index is 103. The summed E-state index contributed by atoms with van der Waals surface area (Å²) in [5.74, 6) is 0.782. The Hall–Kier alpha value is -0.0800. The van der Waals surface area contributed by atoms with Crippen LogP contribution < -0.4 is 0 Å². The zero-order valence-corrected chi connectivity index (χ0v) is 8.89. The van der Waals surface area contributed by atoms with E-state index in [0.717, 1.165) is 10.4 Å². The molecule has 68 valence electrons. The second kappa shape index (κ2) is 4.07. The summed E-state index contributed by atoms with van der Waals surface area (Å²) >= 11 is 0. The first-order valence-corrected chi connectivity index (χ1v) is 4.26. The monoisotopic (exact) mass is 159 g/mol. The molecule has 1 unspecified atom stereocenters. The Balaban J connectivity index is 3.61. The van der Waals surface area contributed by atoms with Gasteiger partial charge >= 0.3 is 0 Å². The lowest BCUT2D eigenvalue weighted by Crippen LogP contribution is -2.40. The van der Waals surface area contributed by atoms with Crippen molar-refractivity contribution in [1.29, 1.82) is 0 Å². The van der Waals surface area contributed by atoms with Crippen LogP contribution in [-0.4, -0.2) is 57.7 Å². The molecule has 2 heteroatoms. The minimum absolute atomic E-state index is 0.782. The van der Waals surface area contributed by atoms with Crippen molar-refractivity contribution < 1.29 is 4.48 Å². The summed E-state index contributed by atoms with van der Waals surface area (Å²) in [6.07, 6.45) is 0. The second-order valence-corrected chi connectivity index (χ2v) is 4.84. The molecule has 1 atom stereocenters. The van der Waals surface area contributed by atoms with Gasteiger partial charge in [0.2, 0.25) is 0 Å². The molecule has 0 saturated carbocycles. The summed E-state index contributed by atoms with van der Waals surface area (Å²) in [6.45, 7) is 4.75. The Labute approximate surface area is 71.4 Å². The van der Waals surface area contributed by atoms with Crippen LogP contribution >= 0.6 is 0 Å². The predicted molar refractivity (Wildman–Crippen MR) is 50.6 cm³/mol. The van der Waals surface area contributed by atoms with Crippen molar-refractivity contribution in [3.63, 3.8) is 0 Å². The maximum atomic E-state index is 2.31. The SMILES string of the molecule is CC(CN(C)C)C[N+](C)(C)C. The van der Waals surface area contributed by atoms with Gasteiger partial charge in [0.05, 0.1) is 27.7 Å². The van der Waals surface area contributed by atoms with Crippen LogP contribution in [0.25, 0.3) is 0 Å². The lowest BCUT2D eigenvalue weighted by Gasteiger charge is -2.28. The molecule has 0 aromatic carbocycles. The molecule has 0 saturated heterocycles. The first-order valence-electron chi connectivity index (χ1n) is 4.26. The lowest BCUT2D eigenvalue weighted by molar-refractivity contribution is -0.873. The second-order valence-electron chi connectivity index (χ2n) is 4.84. The highest BCUT2D eigenvalue weighted by molar-refractivity contribution is 4.53. The van der Waals surface area contributed by atoms with Crippen LogP contribution in [0.3, 0.4) is 0 Å². The zero-order valence-electron chi connectivity index (χ0n) is 8.89. The van der Waals surface area contributed by atoms with Crippen molar-refractivity contribution >= 4 is 0 Å². The van der Waals surface area contributed by atoms with Crippen molar-refractivity contribution in [2.24, 2.45) is 5.92 Å². The largest absolute Gasteiger partial charge is 0.331 e. The van der Waals surface area contributed by atoms with Crippen LogP contribution in [0.1, 0.15) is 6.92 Å². The summed E-state index contributed by atoms with van der Waals surface area (Å²) in [7, 11) is 11.0. The molecular formula is C9H23N2+. The molecule has 0 bridgehead atoms. The van der Waals surface area contributed by atoms with E-state index < -0.39 is 0 Å². The Morgan fingerprint density at radius 1 is 1.18 bits per heavy atom. The van der Waals surface area contributed by atoms with E-state index >= 15 is 0 Å². The van der Waals surface area contributed by atoms with Gasteiger partial charge in [0, 0.05) is 12.5 Å². The third kappa shape index (κ3) is 7.82. The molecule has 0 aliphatic rings. The summed E-state index contributed by atoms with van der Waals surface area (Å²) in [4.78, 5) is 2.25. The van der Waals surface area contributed by atoms with Gasteiger partial charge in [0.25, 0.3) is 0 Å². The van der Waals surface area contributed by atoms with Gasteiger partial charge in [-0.3, -0.25) is 0 Å². The fourth-order valence-corrected chi connectivity index (χ4v) is 1.62. The molecule has 0 heterocycles. The molecule has 0 aliphatic carbocycles. The third-order valence-corrected chi connectivity index (χ3v) is 1.54.